The van der Waals surface area contributed by atoms with Gasteiger partial charge in [0.25, 0.3) is 0 Å². The van der Waals surface area contributed by atoms with Crippen LogP contribution in [0.25, 0.3) is 0 Å². The van der Waals surface area contributed by atoms with Crippen LogP contribution < -0.4 is 4.74 Å². The van der Waals surface area contributed by atoms with Crippen LogP contribution in [0.2, 0.25) is 0 Å². The van der Waals surface area contributed by atoms with Crippen LogP contribution in [-0.4, -0.2) is 11.7 Å². The van der Waals surface area contributed by atoms with E-state index in [4.69, 9.17) is 4.74 Å². The smallest absolute Gasteiger partial charge is 0.122 e. The minimum Gasteiger partial charge on any atom is -0.493 e. The highest BCUT2D eigenvalue weighted by molar-refractivity contribution is 5.41. The third kappa shape index (κ3) is 1.52. The number of benzene rings is 1. The lowest BCUT2D eigenvalue weighted by Crippen LogP contribution is -2.21. The molecule has 2 unspecified atom stereocenters. The zero-order valence-corrected chi connectivity index (χ0v) is 9.70. The lowest BCUT2D eigenvalue weighted by atomic mass is 9.90. The molecule has 2 nitrogen and oxygen atoms in total. The van der Waals surface area contributed by atoms with E-state index in [0.717, 1.165) is 43.6 Å². The predicted molar refractivity (Wildman–Crippen MR) is 62.6 cm³/mol. The number of hydrogen-bond donors (Lipinski definition) is 1. The van der Waals surface area contributed by atoms with Crippen LogP contribution in [0.15, 0.2) is 18.2 Å². The molecule has 0 amide bonds. The molecule has 2 aliphatic rings. The second-order valence-electron chi connectivity index (χ2n) is 5.30. The van der Waals surface area contributed by atoms with E-state index in [1.807, 2.05) is 12.1 Å². The molecule has 0 spiro atoms. The second kappa shape index (κ2) is 3.49. The van der Waals surface area contributed by atoms with Crippen molar-refractivity contribution in [3.05, 3.63) is 29.3 Å². The van der Waals surface area contributed by atoms with Crippen molar-refractivity contribution in [1.82, 2.24) is 0 Å². The summed E-state index contributed by atoms with van der Waals surface area (Å²) in [6.07, 6.45) is 3.90. The van der Waals surface area contributed by atoms with Crippen LogP contribution in [0.1, 0.15) is 37.3 Å². The summed E-state index contributed by atoms with van der Waals surface area (Å²) in [5.41, 5.74) is 1.75. The standard InChI is InChI=1S/C14H18O2/c1-10-4-6-14(15,9-10)12-2-3-13-11(8-12)5-7-16-13/h2-3,8,10,15H,4-7,9H2,1H3. The molecule has 3 rings (SSSR count). The fourth-order valence-electron chi connectivity index (χ4n) is 3.00. The summed E-state index contributed by atoms with van der Waals surface area (Å²) in [5.74, 6) is 1.63. The van der Waals surface area contributed by atoms with E-state index in [0.29, 0.717) is 5.92 Å². The molecule has 1 N–H and O–H groups in total. The monoisotopic (exact) mass is 218 g/mol. The first-order chi connectivity index (χ1) is 7.67. The van der Waals surface area contributed by atoms with E-state index in [2.05, 4.69) is 13.0 Å². The average Bonchev–Trinajstić information content (AvgIpc) is 2.84. The van der Waals surface area contributed by atoms with Crippen molar-refractivity contribution in [3.8, 4) is 5.75 Å². The summed E-state index contributed by atoms with van der Waals surface area (Å²) >= 11 is 0. The molecule has 0 radical (unpaired) electrons. The van der Waals surface area contributed by atoms with Gasteiger partial charge in [0.15, 0.2) is 0 Å². The highest BCUT2D eigenvalue weighted by atomic mass is 16.5. The first kappa shape index (κ1) is 10.2. The van der Waals surface area contributed by atoms with Gasteiger partial charge in [-0.25, -0.2) is 0 Å². The maximum absolute atomic E-state index is 10.6. The second-order valence-corrected chi connectivity index (χ2v) is 5.30. The molecule has 1 aromatic carbocycles. The van der Waals surface area contributed by atoms with Crippen LogP contribution in [-0.2, 0) is 12.0 Å². The Morgan fingerprint density at radius 2 is 2.31 bits per heavy atom. The molecular formula is C14H18O2. The van der Waals surface area contributed by atoms with Gasteiger partial charge in [-0.1, -0.05) is 13.0 Å². The molecule has 2 atom stereocenters. The summed E-state index contributed by atoms with van der Waals surface area (Å²) in [5, 5.41) is 10.6. The van der Waals surface area contributed by atoms with Gasteiger partial charge >= 0.3 is 0 Å². The number of ether oxygens (including phenoxy) is 1. The van der Waals surface area contributed by atoms with Crippen LogP contribution in [0, 0.1) is 5.92 Å². The molecule has 2 heteroatoms. The van der Waals surface area contributed by atoms with Gasteiger partial charge in [-0.05, 0) is 48.4 Å². The highest BCUT2D eigenvalue weighted by Gasteiger charge is 2.37. The normalized spacial score (nSPS) is 32.5. The molecule has 1 heterocycles. The maximum Gasteiger partial charge on any atom is 0.122 e. The van der Waals surface area contributed by atoms with Crippen molar-refractivity contribution in [2.75, 3.05) is 6.61 Å². The lowest BCUT2D eigenvalue weighted by molar-refractivity contribution is 0.0407. The molecule has 1 aliphatic carbocycles. The van der Waals surface area contributed by atoms with Crippen molar-refractivity contribution >= 4 is 0 Å². The minimum absolute atomic E-state index is 0.586. The third-order valence-corrected chi connectivity index (χ3v) is 3.96. The van der Waals surface area contributed by atoms with E-state index in [9.17, 15) is 5.11 Å². The third-order valence-electron chi connectivity index (χ3n) is 3.96. The first-order valence-corrected chi connectivity index (χ1v) is 6.16. The Morgan fingerprint density at radius 3 is 3.06 bits per heavy atom. The van der Waals surface area contributed by atoms with Crippen LogP contribution in [0.4, 0.5) is 0 Å². The van der Waals surface area contributed by atoms with Gasteiger partial charge in [0, 0.05) is 6.42 Å². The largest absolute Gasteiger partial charge is 0.493 e. The van der Waals surface area contributed by atoms with Gasteiger partial charge in [0.2, 0.25) is 0 Å². The average molecular weight is 218 g/mol. The van der Waals surface area contributed by atoms with E-state index in [1.165, 1.54) is 5.56 Å². The van der Waals surface area contributed by atoms with Crippen molar-refractivity contribution < 1.29 is 9.84 Å². The molecule has 1 fully saturated rings. The van der Waals surface area contributed by atoms with Crippen molar-refractivity contribution in [1.29, 1.82) is 0 Å². The summed E-state index contributed by atoms with van der Waals surface area (Å²) in [6.45, 7) is 3.00. The first-order valence-electron chi connectivity index (χ1n) is 6.16. The Hall–Kier alpha value is -1.02. The zero-order chi connectivity index (χ0) is 11.2. The van der Waals surface area contributed by atoms with E-state index in [1.54, 1.807) is 0 Å². The Kier molecular flexibility index (Phi) is 2.21. The van der Waals surface area contributed by atoms with Crippen LogP contribution >= 0.6 is 0 Å². The molecule has 0 saturated heterocycles. The number of hydrogen-bond acceptors (Lipinski definition) is 2. The zero-order valence-electron chi connectivity index (χ0n) is 9.70. The lowest BCUT2D eigenvalue weighted by Gasteiger charge is -2.23. The number of aliphatic hydroxyl groups is 1. The van der Waals surface area contributed by atoms with Gasteiger partial charge < -0.3 is 9.84 Å². The Morgan fingerprint density at radius 1 is 1.44 bits per heavy atom. The highest BCUT2D eigenvalue weighted by Crippen LogP contribution is 2.43. The molecule has 16 heavy (non-hydrogen) atoms. The summed E-state index contributed by atoms with van der Waals surface area (Å²) < 4.78 is 5.49. The van der Waals surface area contributed by atoms with E-state index in [-0.39, 0.29) is 0 Å². The Bertz CT molecular complexity index is 413. The molecule has 1 aliphatic heterocycles. The number of rotatable bonds is 1. The van der Waals surface area contributed by atoms with Crippen molar-refractivity contribution in [2.45, 2.75) is 38.2 Å². The fraction of sp³-hybridized carbons (Fsp3) is 0.571. The molecule has 0 aromatic heterocycles. The summed E-state index contributed by atoms with van der Waals surface area (Å²) in [4.78, 5) is 0. The number of fused-ring (bicyclic) bond motifs is 1. The summed E-state index contributed by atoms with van der Waals surface area (Å²) in [7, 11) is 0. The van der Waals surface area contributed by atoms with Crippen LogP contribution in [0.5, 0.6) is 5.75 Å². The maximum atomic E-state index is 10.6. The SMILES string of the molecule is CC1CCC(O)(c2ccc3c(c2)CCO3)C1. The quantitative estimate of drug-likeness (QED) is 0.785. The molecule has 0 bridgehead atoms. The van der Waals surface area contributed by atoms with Crippen molar-refractivity contribution in [2.24, 2.45) is 5.92 Å². The summed E-state index contributed by atoms with van der Waals surface area (Å²) in [6, 6.07) is 6.18. The topological polar surface area (TPSA) is 29.5 Å². The Labute approximate surface area is 96.2 Å². The van der Waals surface area contributed by atoms with Gasteiger partial charge in [-0.2, -0.15) is 0 Å². The fourth-order valence-corrected chi connectivity index (χ4v) is 3.00. The molecule has 1 aromatic rings. The van der Waals surface area contributed by atoms with Crippen LogP contribution in [0.3, 0.4) is 0 Å². The van der Waals surface area contributed by atoms with E-state index < -0.39 is 5.60 Å². The predicted octanol–water partition coefficient (Wildman–Crippen LogP) is 2.63. The van der Waals surface area contributed by atoms with E-state index >= 15 is 0 Å². The van der Waals surface area contributed by atoms with Gasteiger partial charge in [0.05, 0.1) is 12.2 Å². The molecular weight excluding hydrogens is 200 g/mol. The Balaban J connectivity index is 1.95. The van der Waals surface area contributed by atoms with Crippen molar-refractivity contribution in [3.63, 3.8) is 0 Å². The van der Waals surface area contributed by atoms with Gasteiger partial charge in [0.1, 0.15) is 5.75 Å². The van der Waals surface area contributed by atoms with Gasteiger partial charge in [-0.3, -0.25) is 0 Å². The minimum atomic E-state index is -0.586. The molecule has 86 valence electrons. The molecule has 1 saturated carbocycles. The van der Waals surface area contributed by atoms with Gasteiger partial charge in [-0.15, -0.1) is 0 Å².